The van der Waals surface area contributed by atoms with Gasteiger partial charge in [0.05, 0.1) is 11.0 Å². The van der Waals surface area contributed by atoms with Crippen LogP contribution in [0.15, 0.2) is 152 Å². The maximum absolute atomic E-state index is 15.3. The molecule has 7 heteroatoms. The summed E-state index contributed by atoms with van der Waals surface area (Å²) in [6.07, 6.45) is 0. The van der Waals surface area contributed by atoms with Crippen molar-refractivity contribution in [2.45, 2.75) is 0 Å². The number of anilines is 3. The van der Waals surface area contributed by atoms with Crippen molar-refractivity contribution >= 4 is 71.2 Å². The maximum atomic E-state index is 15.3. The first-order valence-electron chi connectivity index (χ1n) is 17.1. The van der Waals surface area contributed by atoms with Crippen LogP contribution in [0.1, 0.15) is 0 Å². The highest BCUT2D eigenvalue weighted by Crippen LogP contribution is 2.46. The van der Waals surface area contributed by atoms with Gasteiger partial charge in [-0.3, -0.25) is 0 Å². The molecule has 0 fully saturated rings. The van der Waals surface area contributed by atoms with Gasteiger partial charge < -0.3 is 9.47 Å². The van der Waals surface area contributed by atoms with Crippen LogP contribution in [0.2, 0.25) is 0 Å². The van der Waals surface area contributed by atoms with Gasteiger partial charge in [-0.15, -0.1) is 0 Å². The van der Waals surface area contributed by atoms with Gasteiger partial charge in [0.15, 0.2) is 23.3 Å². The molecule has 0 spiro atoms. The zero-order chi connectivity index (χ0) is 36.0. The molecule has 0 saturated heterocycles. The van der Waals surface area contributed by atoms with Crippen molar-refractivity contribution < 1.29 is 22.0 Å². The number of rotatable bonds is 5. The summed E-state index contributed by atoms with van der Waals surface area (Å²) in [7, 11) is 0. The number of nitrogens with zero attached hydrogens (tertiary/aromatic N) is 2. The second kappa shape index (κ2) is 11.6. The molecule has 9 aromatic carbocycles. The van der Waals surface area contributed by atoms with Gasteiger partial charge in [0.2, 0.25) is 5.82 Å². The summed E-state index contributed by atoms with van der Waals surface area (Å²) < 4.78 is 75.8. The number of para-hydroxylation sites is 3. The first kappa shape index (κ1) is 31.0. The molecular weight excluding hydrogens is 676 g/mol. The normalized spacial score (nSPS) is 11.9. The summed E-state index contributed by atoms with van der Waals surface area (Å²) in [4.78, 5) is 1.04. The van der Waals surface area contributed by atoms with Gasteiger partial charge in [-0.05, 0) is 86.6 Å². The van der Waals surface area contributed by atoms with E-state index in [1.165, 1.54) is 10.8 Å². The molecular formula is C46H25F5N2. The Morgan fingerprint density at radius 1 is 0.415 bits per heavy atom. The lowest BCUT2D eigenvalue weighted by Gasteiger charge is -2.26. The number of benzene rings is 9. The molecule has 53 heavy (non-hydrogen) atoms. The van der Waals surface area contributed by atoms with E-state index in [2.05, 4.69) is 77.4 Å². The van der Waals surface area contributed by atoms with Crippen LogP contribution in [0.3, 0.4) is 0 Å². The number of hydrogen-bond acceptors (Lipinski definition) is 1. The van der Waals surface area contributed by atoms with Gasteiger partial charge in [0.1, 0.15) is 5.69 Å². The summed E-state index contributed by atoms with van der Waals surface area (Å²) in [6, 6.07) is 48.7. The first-order chi connectivity index (χ1) is 25.9. The topological polar surface area (TPSA) is 8.17 Å². The molecule has 10 aromatic rings. The molecule has 0 amide bonds. The Bertz CT molecular complexity index is 3020. The highest BCUT2D eigenvalue weighted by Gasteiger charge is 2.31. The molecule has 0 radical (unpaired) electrons. The van der Waals surface area contributed by atoms with Crippen molar-refractivity contribution in [2.24, 2.45) is 0 Å². The Morgan fingerprint density at radius 2 is 0.981 bits per heavy atom. The molecule has 0 bridgehead atoms. The molecule has 10 rings (SSSR count). The molecule has 2 nitrogen and oxygen atoms in total. The van der Waals surface area contributed by atoms with Gasteiger partial charge in [-0.2, -0.15) is 0 Å². The average molecular weight is 701 g/mol. The van der Waals surface area contributed by atoms with Crippen LogP contribution >= 0.6 is 0 Å². The third-order valence-electron chi connectivity index (χ3n) is 10.3. The van der Waals surface area contributed by atoms with Crippen LogP contribution in [-0.4, -0.2) is 4.57 Å². The molecule has 0 aliphatic carbocycles. The van der Waals surface area contributed by atoms with Crippen molar-refractivity contribution in [3.63, 3.8) is 0 Å². The minimum atomic E-state index is -2.21. The van der Waals surface area contributed by atoms with Crippen LogP contribution in [0.4, 0.5) is 39.0 Å². The lowest BCUT2D eigenvalue weighted by Crippen LogP contribution is -2.17. The molecule has 0 atom stereocenters. The van der Waals surface area contributed by atoms with Crippen molar-refractivity contribution in [2.75, 3.05) is 4.90 Å². The van der Waals surface area contributed by atoms with E-state index in [9.17, 15) is 13.2 Å². The largest absolute Gasteiger partial charge is 0.309 e. The van der Waals surface area contributed by atoms with Crippen molar-refractivity contribution in [3.05, 3.63) is 181 Å². The third kappa shape index (κ3) is 4.50. The molecule has 0 unspecified atom stereocenters. The molecule has 0 saturated carbocycles. The fourth-order valence-electron chi connectivity index (χ4n) is 7.99. The van der Waals surface area contributed by atoms with Crippen LogP contribution in [0.25, 0.3) is 70.9 Å². The van der Waals surface area contributed by atoms with E-state index < -0.39 is 34.8 Å². The van der Waals surface area contributed by atoms with E-state index in [1.54, 1.807) is 54.6 Å². The lowest BCUT2D eigenvalue weighted by molar-refractivity contribution is 0.380. The zero-order valence-corrected chi connectivity index (χ0v) is 27.7. The second-order valence-electron chi connectivity index (χ2n) is 13.1. The van der Waals surface area contributed by atoms with Crippen LogP contribution in [0.5, 0.6) is 0 Å². The summed E-state index contributed by atoms with van der Waals surface area (Å²) in [5.41, 5.74) is 4.48. The average Bonchev–Trinajstić information content (AvgIpc) is 3.55. The number of fused-ring (bicyclic) bond motifs is 4. The molecule has 0 aliphatic heterocycles. The zero-order valence-electron chi connectivity index (χ0n) is 27.7. The Kier molecular flexibility index (Phi) is 6.82. The standard InChI is InChI=1S/C46H25F5N2/c47-40-41(48)43(50)46(44(51)42(40)49)52(29-9-3-1-4-10-29)31-20-17-26(18-21-31)32-22-19-27-15-16-28-25-36-33-13-7-8-14-37(33)53(30-11-5-2-6-12-30)45(36)35-24-23-34(32)38(27)39(28)35/h1-25H. The Hall–Kier alpha value is -6.73. The van der Waals surface area contributed by atoms with Crippen molar-refractivity contribution in [1.29, 1.82) is 0 Å². The Morgan fingerprint density at radius 3 is 1.72 bits per heavy atom. The summed E-state index contributed by atoms with van der Waals surface area (Å²) in [5.74, 6) is -10.1. The number of aromatic nitrogens is 1. The van der Waals surface area contributed by atoms with Crippen LogP contribution in [-0.2, 0) is 0 Å². The smallest absolute Gasteiger partial charge is 0.200 e. The van der Waals surface area contributed by atoms with Crippen molar-refractivity contribution in [1.82, 2.24) is 4.57 Å². The quantitative estimate of drug-likeness (QED) is 0.0751. The molecule has 1 heterocycles. The van der Waals surface area contributed by atoms with E-state index in [0.717, 1.165) is 65.1 Å². The van der Waals surface area contributed by atoms with Crippen molar-refractivity contribution in [3.8, 4) is 16.8 Å². The van der Waals surface area contributed by atoms with Gasteiger partial charge >= 0.3 is 0 Å². The molecule has 1 aromatic heterocycles. The minimum Gasteiger partial charge on any atom is -0.309 e. The van der Waals surface area contributed by atoms with Crippen LogP contribution in [0, 0.1) is 29.1 Å². The highest BCUT2D eigenvalue weighted by atomic mass is 19.2. The molecule has 0 N–H and O–H groups in total. The SMILES string of the molecule is Fc1c(F)c(F)c(N(c2ccccc2)c2ccc(-c3ccc4ccc5cc6c7ccccc7n(-c7ccccc7)c6c6ccc3c4c56)cc2)c(F)c1F. The van der Waals surface area contributed by atoms with Gasteiger partial charge in [0.25, 0.3) is 0 Å². The van der Waals surface area contributed by atoms with E-state index in [-0.39, 0.29) is 11.4 Å². The summed E-state index contributed by atoms with van der Waals surface area (Å²) >= 11 is 0. The molecule has 254 valence electrons. The van der Waals surface area contributed by atoms with E-state index in [0.29, 0.717) is 0 Å². The van der Waals surface area contributed by atoms with Gasteiger partial charge in [0, 0.05) is 33.2 Å². The van der Waals surface area contributed by atoms with Crippen LogP contribution < -0.4 is 4.90 Å². The number of hydrogen-bond donors (Lipinski definition) is 0. The highest BCUT2D eigenvalue weighted by molar-refractivity contribution is 6.32. The minimum absolute atomic E-state index is 0.219. The molecule has 0 aliphatic rings. The van der Waals surface area contributed by atoms with Gasteiger partial charge in [-0.25, -0.2) is 22.0 Å². The van der Waals surface area contributed by atoms with E-state index in [1.807, 2.05) is 24.3 Å². The Labute approximate surface area is 299 Å². The third-order valence-corrected chi connectivity index (χ3v) is 10.3. The van der Waals surface area contributed by atoms with E-state index >= 15 is 8.78 Å². The van der Waals surface area contributed by atoms with E-state index in [4.69, 9.17) is 0 Å². The predicted molar refractivity (Wildman–Crippen MR) is 204 cm³/mol. The first-order valence-corrected chi connectivity index (χ1v) is 17.1. The summed E-state index contributed by atoms with van der Waals surface area (Å²) in [6.45, 7) is 0. The monoisotopic (exact) mass is 700 g/mol. The predicted octanol–water partition coefficient (Wildman–Crippen LogP) is 13.5. The lowest BCUT2D eigenvalue weighted by atomic mass is 9.89. The fourth-order valence-corrected chi connectivity index (χ4v) is 7.99. The Balaban J connectivity index is 1.18. The van der Waals surface area contributed by atoms with Gasteiger partial charge in [-0.1, -0.05) is 103 Å². The number of halogens is 5. The fraction of sp³-hybridized carbons (Fsp3) is 0. The summed E-state index contributed by atoms with van der Waals surface area (Å²) in [5, 5.41) is 8.96. The second-order valence-corrected chi connectivity index (χ2v) is 13.1. The maximum Gasteiger partial charge on any atom is 0.200 e.